The number of halogens is 4. The molecule has 1 aromatic rings. The van der Waals surface area contributed by atoms with E-state index in [4.69, 9.17) is 0 Å². The molecular formula is C13H17BrF3N. The van der Waals surface area contributed by atoms with Crippen LogP contribution in [0.5, 0.6) is 0 Å². The molecule has 0 bridgehead atoms. The van der Waals surface area contributed by atoms with Gasteiger partial charge < -0.3 is 5.32 Å². The zero-order chi connectivity index (χ0) is 14.0. The number of anilines is 1. The van der Waals surface area contributed by atoms with Crippen LogP contribution >= 0.6 is 15.9 Å². The lowest BCUT2D eigenvalue weighted by Gasteiger charge is -2.20. The number of alkyl halides is 3. The molecule has 0 saturated carbocycles. The Labute approximate surface area is 114 Å². The van der Waals surface area contributed by atoms with Crippen molar-refractivity contribution in [1.82, 2.24) is 0 Å². The van der Waals surface area contributed by atoms with Gasteiger partial charge in [-0.3, -0.25) is 0 Å². The van der Waals surface area contributed by atoms with Crippen LogP contribution in [0.4, 0.5) is 18.9 Å². The van der Waals surface area contributed by atoms with E-state index in [0.717, 1.165) is 12.5 Å². The van der Waals surface area contributed by atoms with Gasteiger partial charge >= 0.3 is 6.18 Å². The summed E-state index contributed by atoms with van der Waals surface area (Å²) in [5.41, 5.74) is -0.401. The minimum absolute atomic E-state index is 0.0980. The summed E-state index contributed by atoms with van der Waals surface area (Å²) in [6.07, 6.45) is -3.53. The van der Waals surface area contributed by atoms with Crippen LogP contribution in [0.1, 0.15) is 32.8 Å². The van der Waals surface area contributed by atoms with Gasteiger partial charge in [-0.1, -0.05) is 36.7 Å². The highest BCUT2D eigenvalue weighted by atomic mass is 79.9. The highest BCUT2D eigenvalue weighted by Gasteiger charge is 2.33. The van der Waals surface area contributed by atoms with Crippen molar-refractivity contribution >= 4 is 21.6 Å². The molecule has 0 fully saturated rings. The smallest absolute Gasteiger partial charge is 0.385 e. The fourth-order valence-electron chi connectivity index (χ4n) is 1.48. The Morgan fingerprint density at radius 1 is 1.17 bits per heavy atom. The zero-order valence-corrected chi connectivity index (χ0v) is 12.2. The molecule has 0 aromatic heterocycles. The molecule has 5 heteroatoms. The molecule has 0 aliphatic heterocycles. The third-order valence-electron chi connectivity index (χ3n) is 2.48. The maximum Gasteiger partial charge on any atom is 0.418 e. The molecule has 1 N–H and O–H groups in total. The maximum atomic E-state index is 12.8. The number of rotatable bonds is 3. The Morgan fingerprint density at radius 3 is 2.28 bits per heavy atom. The Bertz CT molecular complexity index is 408. The van der Waals surface area contributed by atoms with E-state index in [1.165, 1.54) is 6.07 Å². The van der Waals surface area contributed by atoms with Crippen LogP contribution in [-0.2, 0) is 6.18 Å². The van der Waals surface area contributed by atoms with Gasteiger partial charge in [-0.25, -0.2) is 0 Å². The maximum absolute atomic E-state index is 12.8. The van der Waals surface area contributed by atoms with Crippen LogP contribution in [-0.4, -0.2) is 6.54 Å². The number of hydrogen-bond donors (Lipinski definition) is 1. The highest BCUT2D eigenvalue weighted by Crippen LogP contribution is 2.36. The first-order valence-electron chi connectivity index (χ1n) is 5.70. The van der Waals surface area contributed by atoms with Gasteiger partial charge in [-0.05, 0) is 30.0 Å². The lowest BCUT2D eigenvalue weighted by atomic mass is 9.92. The van der Waals surface area contributed by atoms with Crippen molar-refractivity contribution in [3.8, 4) is 0 Å². The standard InChI is InChI=1S/C13H17BrF3N/c1-12(2,3)6-7-18-11-5-4-9(14)8-10(11)13(15,16)17/h4-5,8,18H,6-7H2,1-3H3. The van der Waals surface area contributed by atoms with Gasteiger partial charge in [0.15, 0.2) is 0 Å². The van der Waals surface area contributed by atoms with E-state index < -0.39 is 11.7 Å². The van der Waals surface area contributed by atoms with Crippen LogP contribution in [0.25, 0.3) is 0 Å². The molecule has 0 radical (unpaired) electrons. The molecule has 1 aromatic carbocycles. The summed E-state index contributed by atoms with van der Waals surface area (Å²) in [6.45, 7) is 6.69. The Morgan fingerprint density at radius 2 is 1.78 bits per heavy atom. The van der Waals surface area contributed by atoms with Gasteiger partial charge in [-0.2, -0.15) is 13.2 Å². The second kappa shape index (κ2) is 5.51. The Hall–Kier alpha value is -0.710. The summed E-state index contributed by atoms with van der Waals surface area (Å²) >= 11 is 3.06. The van der Waals surface area contributed by atoms with Crippen molar-refractivity contribution in [2.75, 3.05) is 11.9 Å². The first-order chi connectivity index (χ1) is 8.09. The van der Waals surface area contributed by atoms with Crippen molar-refractivity contribution in [2.24, 2.45) is 5.41 Å². The quantitative estimate of drug-likeness (QED) is 0.794. The molecule has 0 unspecified atom stereocenters. The van der Waals surface area contributed by atoms with Crippen molar-refractivity contribution in [3.63, 3.8) is 0 Å². The van der Waals surface area contributed by atoms with Crippen molar-refractivity contribution in [1.29, 1.82) is 0 Å². The minimum Gasteiger partial charge on any atom is -0.385 e. The van der Waals surface area contributed by atoms with Crippen LogP contribution in [0.2, 0.25) is 0 Å². The largest absolute Gasteiger partial charge is 0.418 e. The van der Waals surface area contributed by atoms with Gasteiger partial charge in [0.1, 0.15) is 0 Å². The van der Waals surface area contributed by atoms with Gasteiger partial charge in [-0.15, -0.1) is 0 Å². The van der Waals surface area contributed by atoms with Crippen molar-refractivity contribution < 1.29 is 13.2 Å². The molecule has 0 amide bonds. The number of hydrogen-bond acceptors (Lipinski definition) is 1. The van der Waals surface area contributed by atoms with Crippen LogP contribution < -0.4 is 5.32 Å². The lowest BCUT2D eigenvalue weighted by Crippen LogP contribution is -2.16. The predicted molar refractivity (Wildman–Crippen MR) is 71.7 cm³/mol. The van der Waals surface area contributed by atoms with E-state index in [-0.39, 0.29) is 11.1 Å². The zero-order valence-electron chi connectivity index (χ0n) is 10.7. The summed E-state index contributed by atoms with van der Waals surface area (Å²) in [5.74, 6) is 0. The minimum atomic E-state index is -4.34. The lowest BCUT2D eigenvalue weighted by molar-refractivity contribution is -0.137. The van der Waals surface area contributed by atoms with E-state index in [1.807, 2.05) is 0 Å². The SMILES string of the molecule is CC(C)(C)CCNc1ccc(Br)cc1C(F)(F)F. The van der Waals surface area contributed by atoms with E-state index in [9.17, 15) is 13.2 Å². The molecule has 102 valence electrons. The van der Waals surface area contributed by atoms with Crippen LogP contribution in [0.15, 0.2) is 22.7 Å². The summed E-state index contributed by atoms with van der Waals surface area (Å²) < 4.78 is 38.9. The summed E-state index contributed by atoms with van der Waals surface area (Å²) in [5, 5.41) is 2.86. The predicted octanol–water partition coefficient (Wildman–Crippen LogP) is 5.32. The van der Waals surface area contributed by atoms with E-state index in [0.29, 0.717) is 11.0 Å². The first kappa shape index (κ1) is 15.3. The molecule has 0 spiro atoms. The first-order valence-corrected chi connectivity index (χ1v) is 6.49. The van der Waals surface area contributed by atoms with Crippen molar-refractivity contribution in [2.45, 2.75) is 33.4 Å². The second-order valence-electron chi connectivity index (χ2n) is 5.43. The average Bonchev–Trinajstić information content (AvgIpc) is 2.17. The Kier molecular flexibility index (Phi) is 4.70. The van der Waals surface area contributed by atoms with Crippen LogP contribution in [0, 0.1) is 5.41 Å². The molecule has 0 aliphatic rings. The third kappa shape index (κ3) is 4.88. The average molecular weight is 324 g/mol. The molecule has 0 aliphatic carbocycles. The number of benzene rings is 1. The molecular weight excluding hydrogens is 307 g/mol. The van der Waals surface area contributed by atoms with Gasteiger partial charge in [0.2, 0.25) is 0 Å². The van der Waals surface area contributed by atoms with Gasteiger partial charge in [0.25, 0.3) is 0 Å². The van der Waals surface area contributed by atoms with Gasteiger partial charge in [0, 0.05) is 16.7 Å². The fourth-order valence-corrected chi connectivity index (χ4v) is 1.84. The molecule has 1 rings (SSSR count). The monoisotopic (exact) mass is 323 g/mol. The van der Waals surface area contributed by atoms with Crippen LogP contribution in [0.3, 0.4) is 0 Å². The number of nitrogens with one attached hydrogen (secondary N) is 1. The van der Waals surface area contributed by atoms with E-state index in [2.05, 4.69) is 42.0 Å². The third-order valence-corrected chi connectivity index (χ3v) is 2.97. The topological polar surface area (TPSA) is 12.0 Å². The highest BCUT2D eigenvalue weighted by molar-refractivity contribution is 9.10. The van der Waals surface area contributed by atoms with Gasteiger partial charge in [0.05, 0.1) is 5.56 Å². The molecule has 0 saturated heterocycles. The fraction of sp³-hybridized carbons (Fsp3) is 0.538. The molecule has 0 atom stereocenters. The normalized spacial score (nSPS) is 12.6. The molecule has 0 heterocycles. The second-order valence-corrected chi connectivity index (χ2v) is 6.34. The van der Waals surface area contributed by atoms with E-state index in [1.54, 1.807) is 6.07 Å². The Balaban J connectivity index is 2.83. The molecule has 1 nitrogen and oxygen atoms in total. The van der Waals surface area contributed by atoms with Crippen molar-refractivity contribution in [3.05, 3.63) is 28.2 Å². The summed E-state index contributed by atoms with van der Waals surface area (Å²) in [4.78, 5) is 0. The summed E-state index contributed by atoms with van der Waals surface area (Å²) in [6, 6.07) is 4.16. The summed E-state index contributed by atoms with van der Waals surface area (Å²) in [7, 11) is 0. The molecule has 18 heavy (non-hydrogen) atoms. The van der Waals surface area contributed by atoms with E-state index >= 15 is 0 Å².